The van der Waals surface area contributed by atoms with Gasteiger partial charge in [-0.15, -0.1) is 0 Å². The van der Waals surface area contributed by atoms with Gasteiger partial charge in [0, 0.05) is 25.7 Å². The first-order chi connectivity index (χ1) is 11.2. The van der Waals surface area contributed by atoms with Gasteiger partial charge in [0.05, 0.1) is 25.0 Å². The monoisotopic (exact) mass is 318 g/mol. The summed E-state index contributed by atoms with van der Waals surface area (Å²) in [6.07, 6.45) is 4.79. The van der Waals surface area contributed by atoms with Crippen molar-refractivity contribution < 1.29 is 18.3 Å². The van der Waals surface area contributed by atoms with E-state index in [1.165, 1.54) is 12.3 Å². The molecule has 6 heteroatoms. The van der Waals surface area contributed by atoms with Gasteiger partial charge < -0.3 is 13.9 Å². The number of rotatable bonds is 4. The van der Waals surface area contributed by atoms with Crippen molar-refractivity contribution in [2.45, 2.75) is 31.1 Å². The molecule has 2 atom stereocenters. The molecule has 0 aromatic carbocycles. The zero-order valence-corrected chi connectivity index (χ0v) is 12.8. The van der Waals surface area contributed by atoms with Crippen LogP contribution in [0, 0.1) is 5.82 Å². The molecule has 4 heterocycles. The van der Waals surface area contributed by atoms with Crippen LogP contribution in [0.25, 0.3) is 0 Å². The average molecular weight is 318 g/mol. The highest BCUT2D eigenvalue weighted by Gasteiger charge is 2.46. The van der Waals surface area contributed by atoms with Crippen LogP contribution >= 0.6 is 0 Å². The van der Waals surface area contributed by atoms with E-state index in [-0.39, 0.29) is 17.6 Å². The maximum absolute atomic E-state index is 13.6. The van der Waals surface area contributed by atoms with Gasteiger partial charge >= 0.3 is 0 Å². The van der Waals surface area contributed by atoms with E-state index in [1.54, 1.807) is 12.3 Å². The second-order valence-corrected chi connectivity index (χ2v) is 6.27. The minimum atomic E-state index is -0.431. The minimum absolute atomic E-state index is 0.0589. The number of hydrogen-bond acceptors (Lipinski definition) is 5. The molecule has 23 heavy (non-hydrogen) atoms. The van der Waals surface area contributed by atoms with Crippen LogP contribution in [0.5, 0.6) is 5.88 Å². The van der Waals surface area contributed by atoms with E-state index in [0.717, 1.165) is 38.2 Å². The van der Waals surface area contributed by atoms with Crippen LogP contribution in [0.1, 0.15) is 18.6 Å². The summed E-state index contributed by atoms with van der Waals surface area (Å²) in [4.78, 5) is 6.27. The van der Waals surface area contributed by atoms with Gasteiger partial charge in [-0.3, -0.25) is 4.90 Å². The van der Waals surface area contributed by atoms with Gasteiger partial charge in [0.15, 0.2) is 5.82 Å². The van der Waals surface area contributed by atoms with Gasteiger partial charge in [0.2, 0.25) is 0 Å². The maximum atomic E-state index is 13.6. The molecule has 122 valence electrons. The average Bonchev–Trinajstić information content (AvgIpc) is 3.26. The van der Waals surface area contributed by atoms with Crippen molar-refractivity contribution in [2.24, 2.45) is 0 Å². The first kappa shape index (κ1) is 14.7. The lowest BCUT2D eigenvalue weighted by Gasteiger charge is -2.23. The molecule has 2 aromatic heterocycles. The smallest absolute Gasteiger partial charge is 0.250 e. The summed E-state index contributed by atoms with van der Waals surface area (Å²) in [6.45, 7) is 3.08. The predicted octanol–water partition coefficient (Wildman–Crippen LogP) is 2.63. The lowest BCUT2D eigenvalue weighted by molar-refractivity contribution is 0.00875. The summed E-state index contributed by atoms with van der Waals surface area (Å²) in [5.41, 5.74) is -0.192. The molecule has 2 aliphatic heterocycles. The van der Waals surface area contributed by atoms with E-state index in [9.17, 15) is 4.39 Å². The molecule has 2 aromatic rings. The van der Waals surface area contributed by atoms with Crippen molar-refractivity contribution >= 4 is 0 Å². The van der Waals surface area contributed by atoms with E-state index in [4.69, 9.17) is 13.9 Å². The van der Waals surface area contributed by atoms with Gasteiger partial charge in [-0.2, -0.15) is 0 Å². The molecule has 0 aliphatic carbocycles. The number of pyridine rings is 1. The standard InChI is InChI=1S/C17H19FN2O3/c18-15-4-1-6-19-16(15)23-14-9-17(22-11-14)5-7-20(12-17)10-13-3-2-8-21-13/h1-4,6,8,14H,5,7,9-12H2/t14-,17+/m0/s1. The number of halogens is 1. The third kappa shape index (κ3) is 3.09. The Morgan fingerprint density at radius 1 is 1.39 bits per heavy atom. The van der Waals surface area contributed by atoms with Crippen LogP contribution in [0.4, 0.5) is 4.39 Å². The molecule has 2 fully saturated rings. The molecule has 0 amide bonds. The Balaban J connectivity index is 1.36. The van der Waals surface area contributed by atoms with E-state index < -0.39 is 5.82 Å². The van der Waals surface area contributed by atoms with Crippen LogP contribution in [-0.2, 0) is 11.3 Å². The molecule has 0 saturated carbocycles. The van der Waals surface area contributed by atoms with Crippen LogP contribution in [0.3, 0.4) is 0 Å². The normalized spacial score (nSPS) is 27.8. The summed E-state index contributed by atoms with van der Waals surface area (Å²) < 4.78 is 30.8. The van der Waals surface area contributed by atoms with Crippen molar-refractivity contribution in [3.8, 4) is 5.88 Å². The van der Waals surface area contributed by atoms with Crippen molar-refractivity contribution in [3.63, 3.8) is 0 Å². The highest BCUT2D eigenvalue weighted by molar-refractivity contribution is 5.14. The molecule has 5 nitrogen and oxygen atoms in total. The number of ether oxygens (including phenoxy) is 2. The highest BCUT2D eigenvalue weighted by atomic mass is 19.1. The third-order valence-corrected chi connectivity index (χ3v) is 4.53. The van der Waals surface area contributed by atoms with Crippen LogP contribution < -0.4 is 4.74 Å². The molecule has 2 saturated heterocycles. The summed E-state index contributed by atoms with van der Waals surface area (Å²) in [6, 6.07) is 6.79. The quantitative estimate of drug-likeness (QED) is 0.867. The number of likely N-dealkylation sites (tertiary alicyclic amines) is 1. The minimum Gasteiger partial charge on any atom is -0.470 e. The number of aromatic nitrogens is 1. The van der Waals surface area contributed by atoms with Crippen molar-refractivity contribution in [2.75, 3.05) is 19.7 Å². The molecular formula is C17H19FN2O3. The Morgan fingerprint density at radius 2 is 2.35 bits per heavy atom. The van der Waals surface area contributed by atoms with E-state index >= 15 is 0 Å². The van der Waals surface area contributed by atoms with Gasteiger partial charge in [-0.1, -0.05) is 0 Å². The molecule has 2 aliphatic rings. The molecule has 4 rings (SSSR count). The number of nitrogens with zero attached hydrogens (tertiary/aromatic N) is 2. The second-order valence-electron chi connectivity index (χ2n) is 6.27. The SMILES string of the molecule is Fc1cccnc1O[C@@H]1CO[C@]2(CCN(Cc3ccco3)C2)C1. The highest BCUT2D eigenvalue weighted by Crippen LogP contribution is 2.37. The molecule has 0 radical (unpaired) electrons. The molecular weight excluding hydrogens is 299 g/mol. The van der Waals surface area contributed by atoms with Crippen LogP contribution in [-0.4, -0.2) is 41.3 Å². The molecule has 1 spiro atoms. The zero-order valence-electron chi connectivity index (χ0n) is 12.8. The topological polar surface area (TPSA) is 47.7 Å². The van der Waals surface area contributed by atoms with Gasteiger partial charge in [0.25, 0.3) is 5.88 Å². The third-order valence-electron chi connectivity index (χ3n) is 4.53. The molecule has 0 unspecified atom stereocenters. The van der Waals surface area contributed by atoms with Gasteiger partial charge in [-0.05, 0) is 30.7 Å². The molecule has 0 bridgehead atoms. The summed E-state index contributed by atoms with van der Waals surface area (Å²) in [5.74, 6) is 0.589. The van der Waals surface area contributed by atoms with Gasteiger partial charge in [-0.25, -0.2) is 9.37 Å². The number of furan rings is 1. The fourth-order valence-corrected chi connectivity index (χ4v) is 3.46. The van der Waals surface area contributed by atoms with Crippen molar-refractivity contribution in [3.05, 3.63) is 48.3 Å². The Morgan fingerprint density at radius 3 is 3.17 bits per heavy atom. The largest absolute Gasteiger partial charge is 0.470 e. The van der Waals surface area contributed by atoms with Crippen LogP contribution in [0.15, 0.2) is 41.1 Å². The van der Waals surface area contributed by atoms with Gasteiger partial charge in [0.1, 0.15) is 11.9 Å². The van der Waals surface area contributed by atoms with E-state index in [2.05, 4.69) is 9.88 Å². The number of hydrogen-bond donors (Lipinski definition) is 0. The Hall–Kier alpha value is -1.92. The molecule has 0 N–H and O–H groups in total. The lowest BCUT2D eigenvalue weighted by atomic mass is 9.98. The first-order valence-corrected chi connectivity index (χ1v) is 7.88. The van der Waals surface area contributed by atoms with Crippen molar-refractivity contribution in [1.82, 2.24) is 9.88 Å². The Bertz CT molecular complexity index is 664. The summed E-state index contributed by atoms with van der Waals surface area (Å²) in [7, 11) is 0. The fourth-order valence-electron chi connectivity index (χ4n) is 3.46. The summed E-state index contributed by atoms with van der Waals surface area (Å²) in [5, 5.41) is 0. The fraction of sp³-hybridized carbons (Fsp3) is 0.471. The maximum Gasteiger partial charge on any atom is 0.250 e. The van der Waals surface area contributed by atoms with E-state index in [0.29, 0.717) is 6.61 Å². The Kier molecular flexibility index (Phi) is 3.79. The van der Waals surface area contributed by atoms with Crippen LogP contribution in [0.2, 0.25) is 0 Å². The summed E-state index contributed by atoms with van der Waals surface area (Å²) >= 11 is 0. The Labute approximate surface area is 134 Å². The van der Waals surface area contributed by atoms with E-state index in [1.807, 2.05) is 12.1 Å². The predicted molar refractivity (Wildman–Crippen MR) is 80.5 cm³/mol. The lowest BCUT2D eigenvalue weighted by Crippen LogP contribution is -2.33. The first-order valence-electron chi connectivity index (χ1n) is 7.88. The van der Waals surface area contributed by atoms with Crippen molar-refractivity contribution in [1.29, 1.82) is 0 Å². The second kappa shape index (κ2) is 5.94. The zero-order chi connectivity index (χ0) is 15.7.